The van der Waals surface area contributed by atoms with Crippen molar-refractivity contribution in [3.05, 3.63) is 69.8 Å². The molecular weight excluding hydrogens is 254 g/mol. The third-order valence-electron chi connectivity index (χ3n) is 3.05. The zero-order chi connectivity index (χ0) is 14.7. The van der Waals surface area contributed by atoms with E-state index in [0.29, 0.717) is 5.56 Å². The SMILES string of the molecule is C#Cc1cc(F)c(C#Cc2ccc(C)c(C)c2)c(F)c1. The fourth-order valence-electron chi connectivity index (χ4n) is 1.73. The van der Waals surface area contributed by atoms with Gasteiger partial charge in [0.15, 0.2) is 0 Å². The summed E-state index contributed by atoms with van der Waals surface area (Å²) in [5.74, 6) is 6.01. The van der Waals surface area contributed by atoms with Crippen LogP contribution in [0.25, 0.3) is 0 Å². The number of benzene rings is 2. The zero-order valence-corrected chi connectivity index (χ0v) is 11.2. The van der Waals surface area contributed by atoms with Gasteiger partial charge in [-0.2, -0.15) is 0 Å². The van der Waals surface area contributed by atoms with Crippen LogP contribution in [0.5, 0.6) is 0 Å². The molecule has 0 aromatic heterocycles. The first-order valence-electron chi connectivity index (χ1n) is 6.06. The van der Waals surface area contributed by atoms with Gasteiger partial charge in [-0.3, -0.25) is 0 Å². The molecule has 0 aliphatic heterocycles. The fourth-order valence-corrected chi connectivity index (χ4v) is 1.73. The summed E-state index contributed by atoms with van der Waals surface area (Å²) in [4.78, 5) is 0. The summed E-state index contributed by atoms with van der Waals surface area (Å²) in [6.45, 7) is 3.95. The standard InChI is InChI=1S/C18H12F2/c1-4-14-10-17(19)16(18(20)11-14)8-7-15-6-5-12(2)13(3)9-15/h1,5-6,9-11H,2-3H3. The van der Waals surface area contributed by atoms with Crippen molar-refractivity contribution in [3.63, 3.8) is 0 Å². The normalized spacial score (nSPS) is 9.55. The highest BCUT2D eigenvalue weighted by molar-refractivity contribution is 5.48. The van der Waals surface area contributed by atoms with Crippen LogP contribution in [0.15, 0.2) is 30.3 Å². The van der Waals surface area contributed by atoms with Gasteiger partial charge in [0.05, 0.1) is 5.56 Å². The van der Waals surface area contributed by atoms with E-state index in [9.17, 15) is 8.78 Å². The Kier molecular flexibility index (Phi) is 3.87. The van der Waals surface area contributed by atoms with Crippen molar-refractivity contribution >= 4 is 0 Å². The highest BCUT2D eigenvalue weighted by atomic mass is 19.1. The molecule has 0 spiro atoms. The molecule has 0 atom stereocenters. The molecule has 0 N–H and O–H groups in total. The van der Waals surface area contributed by atoms with Gasteiger partial charge in [0, 0.05) is 11.1 Å². The van der Waals surface area contributed by atoms with E-state index in [4.69, 9.17) is 6.42 Å². The Hall–Kier alpha value is -2.58. The third-order valence-corrected chi connectivity index (χ3v) is 3.05. The van der Waals surface area contributed by atoms with Crippen molar-refractivity contribution < 1.29 is 8.78 Å². The Labute approximate surface area is 117 Å². The molecule has 0 radical (unpaired) electrons. The largest absolute Gasteiger partial charge is 0.205 e. The van der Waals surface area contributed by atoms with Gasteiger partial charge >= 0.3 is 0 Å². The Morgan fingerprint density at radius 1 is 0.850 bits per heavy atom. The maximum atomic E-state index is 13.7. The number of hydrogen-bond donors (Lipinski definition) is 0. The van der Waals surface area contributed by atoms with Crippen molar-refractivity contribution in [3.8, 4) is 24.2 Å². The van der Waals surface area contributed by atoms with Gasteiger partial charge in [-0.25, -0.2) is 8.78 Å². The Morgan fingerprint density at radius 3 is 2.05 bits per heavy atom. The molecule has 0 fully saturated rings. The van der Waals surface area contributed by atoms with E-state index in [1.165, 1.54) is 0 Å². The van der Waals surface area contributed by atoms with Crippen LogP contribution >= 0.6 is 0 Å². The smallest absolute Gasteiger partial charge is 0.143 e. The van der Waals surface area contributed by atoms with E-state index in [2.05, 4.69) is 17.8 Å². The van der Waals surface area contributed by atoms with Gasteiger partial charge in [0.1, 0.15) is 11.6 Å². The van der Waals surface area contributed by atoms with Crippen LogP contribution in [-0.2, 0) is 0 Å². The summed E-state index contributed by atoms with van der Waals surface area (Å²) in [7, 11) is 0. The highest BCUT2D eigenvalue weighted by Crippen LogP contribution is 2.14. The Bertz CT molecular complexity index is 745. The summed E-state index contributed by atoms with van der Waals surface area (Å²) in [5, 5.41) is 0. The summed E-state index contributed by atoms with van der Waals surface area (Å²) in [5.41, 5.74) is 2.85. The topological polar surface area (TPSA) is 0 Å². The first-order valence-corrected chi connectivity index (χ1v) is 6.06. The summed E-state index contributed by atoms with van der Waals surface area (Å²) in [6.07, 6.45) is 5.11. The summed E-state index contributed by atoms with van der Waals surface area (Å²) in [6, 6.07) is 7.84. The molecule has 0 bridgehead atoms. The fraction of sp³-hybridized carbons (Fsp3) is 0.111. The van der Waals surface area contributed by atoms with Crippen molar-refractivity contribution in [1.82, 2.24) is 0 Å². The van der Waals surface area contributed by atoms with E-state index in [1.54, 1.807) is 0 Å². The first kappa shape index (κ1) is 13.8. The number of terminal acetylenes is 1. The molecule has 2 aromatic rings. The van der Waals surface area contributed by atoms with E-state index in [-0.39, 0.29) is 11.1 Å². The molecular formula is C18H12F2. The quantitative estimate of drug-likeness (QED) is 0.633. The number of aryl methyl sites for hydroxylation is 2. The van der Waals surface area contributed by atoms with Crippen LogP contribution in [0.3, 0.4) is 0 Å². The monoisotopic (exact) mass is 266 g/mol. The van der Waals surface area contributed by atoms with Crippen molar-refractivity contribution in [2.24, 2.45) is 0 Å². The predicted octanol–water partition coefficient (Wildman–Crippen LogP) is 3.96. The van der Waals surface area contributed by atoms with Gasteiger partial charge in [0.25, 0.3) is 0 Å². The lowest BCUT2D eigenvalue weighted by Gasteiger charge is -2.00. The van der Waals surface area contributed by atoms with E-state index in [1.807, 2.05) is 32.0 Å². The molecule has 2 aromatic carbocycles. The second kappa shape index (κ2) is 5.59. The van der Waals surface area contributed by atoms with Crippen LogP contribution < -0.4 is 0 Å². The van der Waals surface area contributed by atoms with Crippen LogP contribution in [-0.4, -0.2) is 0 Å². The van der Waals surface area contributed by atoms with Crippen LogP contribution in [0, 0.1) is 49.7 Å². The van der Waals surface area contributed by atoms with Crippen LogP contribution in [0.2, 0.25) is 0 Å². The molecule has 98 valence electrons. The second-order valence-corrected chi connectivity index (χ2v) is 4.51. The molecule has 0 nitrogen and oxygen atoms in total. The molecule has 0 amide bonds. The molecule has 20 heavy (non-hydrogen) atoms. The minimum atomic E-state index is -0.741. The third kappa shape index (κ3) is 2.87. The average Bonchev–Trinajstić information content (AvgIpc) is 2.41. The van der Waals surface area contributed by atoms with Gasteiger partial charge in [-0.1, -0.05) is 23.8 Å². The second-order valence-electron chi connectivity index (χ2n) is 4.51. The average molecular weight is 266 g/mol. The number of halogens is 2. The van der Waals surface area contributed by atoms with Gasteiger partial charge < -0.3 is 0 Å². The zero-order valence-electron chi connectivity index (χ0n) is 11.2. The molecule has 0 saturated carbocycles. The molecule has 0 aliphatic rings. The van der Waals surface area contributed by atoms with Crippen molar-refractivity contribution in [1.29, 1.82) is 0 Å². The van der Waals surface area contributed by atoms with E-state index >= 15 is 0 Å². The van der Waals surface area contributed by atoms with Crippen molar-refractivity contribution in [2.75, 3.05) is 0 Å². The van der Waals surface area contributed by atoms with Gasteiger partial charge in [-0.15, -0.1) is 6.42 Å². The maximum absolute atomic E-state index is 13.7. The number of hydrogen-bond acceptors (Lipinski definition) is 0. The minimum Gasteiger partial charge on any atom is -0.205 e. The minimum absolute atomic E-state index is 0.164. The predicted molar refractivity (Wildman–Crippen MR) is 76.2 cm³/mol. The van der Waals surface area contributed by atoms with Crippen LogP contribution in [0.4, 0.5) is 8.78 Å². The van der Waals surface area contributed by atoms with E-state index < -0.39 is 11.6 Å². The lowest BCUT2D eigenvalue weighted by atomic mass is 10.1. The summed E-state index contributed by atoms with van der Waals surface area (Å²) < 4.78 is 27.4. The number of rotatable bonds is 0. The lowest BCUT2D eigenvalue weighted by molar-refractivity contribution is 0.577. The maximum Gasteiger partial charge on any atom is 0.143 e. The molecule has 0 saturated heterocycles. The van der Waals surface area contributed by atoms with Gasteiger partial charge in [0.2, 0.25) is 0 Å². The molecule has 0 aliphatic carbocycles. The highest BCUT2D eigenvalue weighted by Gasteiger charge is 2.08. The molecule has 0 unspecified atom stereocenters. The molecule has 0 heterocycles. The molecule has 2 heteroatoms. The van der Waals surface area contributed by atoms with Crippen molar-refractivity contribution in [2.45, 2.75) is 13.8 Å². The first-order chi connectivity index (χ1) is 9.51. The summed E-state index contributed by atoms with van der Waals surface area (Å²) >= 11 is 0. The Morgan fingerprint density at radius 2 is 1.50 bits per heavy atom. The lowest BCUT2D eigenvalue weighted by Crippen LogP contribution is -1.92. The van der Waals surface area contributed by atoms with Crippen LogP contribution in [0.1, 0.15) is 27.8 Å². The Balaban J connectivity index is 2.43. The van der Waals surface area contributed by atoms with E-state index in [0.717, 1.165) is 23.3 Å². The molecule has 2 rings (SSSR count). The van der Waals surface area contributed by atoms with Gasteiger partial charge in [-0.05, 0) is 49.2 Å².